The zero-order valence-corrected chi connectivity index (χ0v) is 8.93. The lowest BCUT2D eigenvalue weighted by Gasteiger charge is -2.40. The third-order valence-corrected chi connectivity index (χ3v) is 3.01. The van der Waals surface area contributed by atoms with Crippen molar-refractivity contribution in [3.63, 3.8) is 0 Å². The molecule has 86 valence electrons. The highest BCUT2D eigenvalue weighted by Gasteiger charge is 2.43. The van der Waals surface area contributed by atoms with E-state index in [1.54, 1.807) is 0 Å². The van der Waals surface area contributed by atoms with Gasteiger partial charge in [-0.2, -0.15) is 0 Å². The Morgan fingerprint density at radius 2 is 2.07 bits per heavy atom. The number of rotatable bonds is 1. The van der Waals surface area contributed by atoms with Crippen LogP contribution in [0.4, 0.5) is 4.79 Å². The Balaban J connectivity index is 1.97. The number of hydrogen-bond acceptors (Lipinski definition) is 5. The third-order valence-electron chi connectivity index (χ3n) is 3.01. The topological polar surface area (TPSA) is 65.0 Å². The van der Waals surface area contributed by atoms with Crippen molar-refractivity contribution in [1.82, 2.24) is 0 Å². The van der Waals surface area contributed by atoms with Crippen molar-refractivity contribution < 1.29 is 24.1 Å². The van der Waals surface area contributed by atoms with Crippen LogP contribution in [0, 0.1) is 0 Å². The van der Waals surface area contributed by atoms with E-state index in [0.29, 0.717) is 12.8 Å². The van der Waals surface area contributed by atoms with Crippen LogP contribution in [-0.4, -0.2) is 41.8 Å². The Hall–Kier alpha value is -0.810. The highest BCUT2D eigenvalue weighted by molar-refractivity contribution is 5.61. The van der Waals surface area contributed by atoms with E-state index in [1.165, 1.54) is 0 Å². The summed E-state index contributed by atoms with van der Waals surface area (Å²) in [7, 11) is 0. The Labute approximate surface area is 88.3 Å². The van der Waals surface area contributed by atoms with E-state index in [1.807, 2.05) is 13.8 Å². The lowest BCUT2D eigenvalue weighted by molar-refractivity contribution is -0.191. The van der Waals surface area contributed by atoms with Gasteiger partial charge in [-0.3, -0.25) is 0 Å². The van der Waals surface area contributed by atoms with Crippen LogP contribution in [0.15, 0.2) is 0 Å². The fourth-order valence-electron chi connectivity index (χ4n) is 1.98. The second-order valence-corrected chi connectivity index (χ2v) is 4.57. The molecule has 1 N–H and O–H groups in total. The van der Waals surface area contributed by atoms with Crippen molar-refractivity contribution in [3.05, 3.63) is 0 Å². The first kappa shape index (κ1) is 10.7. The first-order valence-electron chi connectivity index (χ1n) is 5.18. The van der Waals surface area contributed by atoms with Gasteiger partial charge in [0, 0.05) is 0 Å². The van der Waals surface area contributed by atoms with Gasteiger partial charge >= 0.3 is 6.16 Å². The molecule has 0 saturated carbocycles. The maximum absolute atomic E-state index is 10.8. The summed E-state index contributed by atoms with van der Waals surface area (Å²) < 4.78 is 15.4. The van der Waals surface area contributed by atoms with E-state index < -0.39 is 17.9 Å². The van der Waals surface area contributed by atoms with Crippen LogP contribution in [0.5, 0.6) is 0 Å². The smallest absolute Gasteiger partial charge is 0.430 e. The summed E-state index contributed by atoms with van der Waals surface area (Å²) in [6.45, 7) is 3.92. The number of carbonyl (C=O) groups is 1. The first-order valence-corrected chi connectivity index (χ1v) is 5.18. The van der Waals surface area contributed by atoms with Gasteiger partial charge in [0.1, 0.15) is 6.61 Å². The van der Waals surface area contributed by atoms with E-state index >= 15 is 0 Å². The van der Waals surface area contributed by atoms with Crippen molar-refractivity contribution in [3.8, 4) is 0 Å². The second-order valence-electron chi connectivity index (χ2n) is 4.57. The Morgan fingerprint density at radius 3 is 2.60 bits per heavy atom. The Kier molecular flexibility index (Phi) is 2.60. The van der Waals surface area contributed by atoms with Gasteiger partial charge in [0.15, 0.2) is 6.10 Å². The second kappa shape index (κ2) is 3.64. The molecule has 0 amide bonds. The van der Waals surface area contributed by atoms with Crippen molar-refractivity contribution in [2.24, 2.45) is 0 Å². The predicted molar refractivity (Wildman–Crippen MR) is 50.4 cm³/mol. The van der Waals surface area contributed by atoms with Gasteiger partial charge in [0.2, 0.25) is 0 Å². The van der Waals surface area contributed by atoms with Crippen LogP contribution in [0.3, 0.4) is 0 Å². The number of hydrogen-bond donors (Lipinski definition) is 1. The van der Waals surface area contributed by atoms with Gasteiger partial charge in [-0.15, -0.1) is 0 Å². The summed E-state index contributed by atoms with van der Waals surface area (Å²) in [6, 6.07) is 0. The molecule has 2 saturated heterocycles. The summed E-state index contributed by atoms with van der Waals surface area (Å²) in [6.07, 6.45) is -0.254. The molecule has 2 fully saturated rings. The van der Waals surface area contributed by atoms with Crippen LogP contribution in [0.25, 0.3) is 0 Å². The lowest BCUT2D eigenvalue weighted by atomic mass is 9.90. The Bertz CT molecular complexity index is 263. The molecule has 5 heteroatoms. The molecule has 0 aromatic rings. The van der Waals surface area contributed by atoms with Gasteiger partial charge in [-0.05, 0) is 26.7 Å². The van der Waals surface area contributed by atoms with E-state index in [4.69, 9.17) is 14.2 Å². The van der Waals surface area contributed by atoms with E-state index in [0.717, 1.165) is 0 Å². The van der Waals surface area contributed by atoms with Crippen molar-refractivity contribution in [2.45, 2.75) is 50.6 Å². The maximum atomic E-state index is 10.8. The SMILES string of the molecule is CC1(C)OC(C2COC(=O)O2)CCC1O. The molecule has 5 nitrogen and oxygen atoms in total. The minimum atomic E-state index is -0.632. The number of ether oxygens (including phenoxy) is 3. The van der Waals surface area contributed by atoms with Crippen LogP contribution >= 0.6 is 0 Å². The highest BCUT2D eigenvalue weighted by atomic mass is 16.8. The van der Waals surface area contributed by atoms with Crippen molar-refractivity contribution in [2.75, 3.05) is 6.61 Å². The molecule has 2 aliphatic heterocycles. The number of aliphatic hydroxyl groups excluding tert-OH is 1. The highest BCUT2D eigenvalue weighted by Crippen LogP contribution is 2.31. The standard InChI is InChI=1S/C10H16O5/c1-10(2)8(11)4-3-6(15-10)7-5-13-9(12)14-7/h6-8,11H,3-5H2,1-2H3. The summed E-state index contributed by atoms with van der Waals surface area (Å²) in [5.74, 6) is 0. The van der Waals surface area contributed by atoms with Gasteiger partial charge in [0.05, 0.1) is 17.8 Å². The molecular weight excluding hydrogens is 200 g/mol. The summed E-state index contributed by atoms with van der Waals surface area (Å²) in [5, 5.41) is 9.69. The molecule has 0 radical (unpaired) electrons. The van der Waals surface area contributed by atoms with Crippen molar-refractivity contribution >= 4 is 6.16 Å². The van der Waals surface area contributed by atoms with E-state index in [-0.39, 0.29) is 18.8 Å². The molecule has 2 heterocycles. The normalized spacial score (nSPS) is 39.7. The van der Waals surface area contributed by atoms with Gasteiger partial charge in [0.25, 0.3) is 0 Å². The zero-order valence-electron chi connectivity index (χ0n) is 8.93. The number of carbonyl (C=O) groups excluding carboxylic acids is 1. The average molecular weight is 216 g/mol. The van der Waals surface area contributed by atoms with Crippen LogP contribution in [-0.2, 0) is 14.2 Å². The molecule has 0 aromatic carbocycles. The number of cyclic esters (lactones) is 2. The molecule has 0 spiro atoms. The van der Waals surface area contributed by atoms with Crippen LogP contribution in [0.1, 0.15) is 26.7 Å². The largest absolute Gasteiger partial charge is 0.508 e. The van der Waals surface area contributed by atoms with Gasteiger partial charge < -0.3 is 19.3 Å². The van der Waals surface area contributed by atoms with E-state index in [2.05, 4.69) is 0 Å². The number of aliphatic hydroxyl groups is 1. The van der Waals surface area contributed by atoms with Gasteiger partial charge in [-0.25, -0.2) is 4.79 Å². The molecular formula is C10H16O5. The lowest BCUT2D eigenvalue weighted by Crippen LogP contribution is -2.50. The molecule has 0 aliphatic carbocycles. The zero-order chi connectivity index (χ0) is 11.1. The van der Waals surface area contributed by atoms with E-state index in [9.17, 15) is 9.90 Å². The fraction of sp³-hybridized carbons (Fsp3) is 0.900. The fourth-order valence-corrected chi connectivity index (χ4v) is 1.98. The molecule has 0 bridgehead atoms. The first-order chi connectivity index (χ1) is 6.99. The molecule has 2 rings (SSSR count). The maximum Gasteiger partial charge on any atom is 0.508 e. The predicted octanol–water partition coefficient (Wildman–Crippen LogP) is 0.840. The molecule has 2 aliphatic rings. The molecule has 15 heavy (non-hydrogen) atoms. The minimum Gasteiger partial charge on any atom is -0.430 e. The van der Waals surface area contributed by atoms with Crippen LogP contribution in [0.2, 0.25) is 0 Å². The third kappa shape index (κ3) is 2.08. The molecule has 0 aromatic heterocycles. The van der Waals surface area contributed by atoms with Gasteiger partial charge in [-0.1, -0.05) is 0 Å². The summed E-state index contributed by atoms with van der Waals surface area (Å²) in [5.41, 5.74) is -0.585. The average Bonchev–Trinajstić information content (AvgIpc) is 2.57. The summed E-state index contributed by atoms with van der Waals surface area (Å²) >= 11 is 0. The van der Waals surface area contributed by atoms with Crippen LogP contribution < -0.4 is 0 Å². The Morgan fingerprint density at radius 1 is 1.33 bits per heavy atom. The molecule has 3 unspecified atom stereocenters. The molecule has 3 atom stereocenters. The summed E-state index contributed by atoms with van der Waals surface area (Å²) in [4.78, 5) is 10.8. The monoisotopic (exact) mass is 216 g/mol. The van der Waals surface area contributed by atoms with Crippen molar-refractivity contribution in [1.29, 1.82) is 0 Å². The minimum absolute atomic E-state index is 0.171. The quantitative estimate of drug-likeness (QED) is 0.658.